The Kier molecular flexibility index (Phi) is 5.44. The molecule has 0 aliphatic carbocycles. The molecule has 2 heterocycles. The van der Waals surface area contributed by atoms with Crippen molar-refractivity contribution in [2.24, 2.45) is 0 Å². The van der Waals surface area contributed by atoms with E-state index in [1.165, 1.54) is 5.56 Å². The van der Waals surface area contributed by atoms with Crippen LogP contribution in [0.4, 0.5) is 0 Å². The zero-order valence-electron chi connectivity index (χ0n) is 16.0. The monoisotopic (exact) mass is 395 g/mol. The number of hydrogen-bond donors (Lipinski definition) is 1. The molecule has 2 aromatic carbocycles. The molecule has 28 heavy (non-hydrogen) atoms. The van der Waals surface area contributed by atoms with Gasteiger partial charge in [-0.3, -0.25) is 9.88 Å². The Balaban J connectivity index is 1.43. The number of aromatic nitrogens is 1. The smallest absolute Gasteiger partial charge is 0.242 e. The first kappa shape index (κ1) is 19.1. The number of hydrogen-bond acceptors (Lipinski definition) is 4. The molecule has 0 bridgehead atoms. The van der Waals surface area contributed by atoms with E-state index in [-0.39, 0.29) is 10.9 Å². The van der Waals surface area contributed by atoms with Crippen molar-refractivity contribution in [3.63, 3.8) is 0 Å². The third-order valence-corrected chi connectivity index (χ3v) is 6.81. The summed E-state index contributed by atoms with van der Waals surface area (Å²) in [5.41, 5.74) is 2.83. The number of sulfonamides is 1. The molecule has 1 saturated heterocycles. The number of benzene rings is 2. The van der Waals surface area contributed by atoms with Crippen LogP contribution in [0.5, 0.6) is 0 Å². The summed E-state index contributed by atoms with van der Waals surface area (Å²) in [6, 6.07) is 17.6. The molecule has 0 amide bonds. The summed E-state index contributed by atoms with van der Waals surface area (Å²) >= 11 is 0. The van der Waals surface area contributed by atoms with Crippen LogP contribution in [-0.4, -0.2) is 37.4 Å². The lowest BCUT2D eigenvalue weighted by Crippen LogP contribution is -2.44. The number of fused-ring (bicyclic) bond motifs is 1. The highest BCUT2D eigenvalue weighted by Crippen LogP contribution is 2.23. The molecule has 6 heteroatoms. The first-order chi connectivity index (χ1) is 13.5. The molecule has 146 valence electrons. The lowest BCUT2D eigenvalue weighted by atomic mass is 10.1. The van der Waals surface area contributed by atoms with Gasteiger partial charge in [0.2, 0.25) is 10.0 Å². The lowest BCUT2D eigenvalue weighted by molar-refractivity contribution is 0.200. The van der Waals surface area contributed by atoms with Gasteiger partial charge in [-0.25, -0.2) is 13.1 Å². The van der Waals surface area contributed by atoms with Crippen molar-refractivity contribution in [3.05, 3.63) is 71.9 Å². The second-order valence-electron chi connectivity index (χ2n) is 7.50. The normalized spacial score (nSPS) is 16.5. The molecular weight excluding hydrogens is 370 g/mol. The van der Waals surface area contributed by atoms with Gasteiger partial charge in [0.15, 0.2) is 0 Å². The van der Waals surface area contributed by atoms with E-state index in [0.29, 0.717) is 5.52 Å². The molecule has 0 atom stereocenters. The summed E-state index contributed by atoms with van der Waals surface area (Å²) in [7, 11) is -3.61. The quantitative estimate of drug-likeness (QED) is 0.718. The van der Waals surface area contributed by atoms with Crippen LogP contribution in [0.3, 0.4) is 0 Å². The molecular formula is C22H25N3O2S. The maximum atomic E-state index is 13.0. The summed E-state index contributed by atoms with van der Waals surface area (Å²) < 4.78 is 28.9. The predicted molar refractivity (Wildman–Crippen MR) is 112 cm³/mol. The summed E-state index contributed by atoms with van der Waals surface area (Å²) in [6.07, 6.45) is 3.33. The standard InChI is InChI=1S/C22H25N3O2S/c1-17-14-19-8-5-9-21(22(19)23-15-17)28(26,27)24-20-10-12-25(13-11-20)16-18-6-3-2-4-7-18/h2-9,14-15,20,24H,10-13,16H2,1H3. The SMILES string of the molecule is Cc1cnc2c(S(=O)(=O)NC3CCN(Cc4ccccc4)CC3)cccc2c1. The van der Waals surface area contributed by atoms with Crippen LogP contribution in [0.25, 0.3) is 10.9 Å². The van der Waals surface area contributed by atoms with Crippen molar-refractivity contribution < 1.29 is 8.42 Å². The number of para-hydroxylation sites is 1. The van der Waals surface area contributed by atoms with Crippen LogP contribution in [0.1, 0.15) is 24.0 Å². The van der Waals surface area contributed by atoms with Crippen molar-refractivity contribution in [2.45, 2.75) is 37.2 Å². The zero-order valence-corrected chi connectivity index (χ0v) is 16.8. The fourth-order valence-electron chi connectivity index (χ4n) is 3.79. The second-order valence-corrected chi connectivity index (χ2v) is 9.18. The summed E-state index contributed by atoms with van der Waals surface area (Å²) in [5.74, 6) is 0. The molecule has 3 aromatic rings. The van der Waals surface area contributed by atoms with Gasteiger partial charge in [0.1, 0.15) is 4.90 Å². The number of aryl methyl sites for hydroxylation is 1. The Morgan fingerprint density at radius 3 is 2.57 bits per heavy atom. The van der Waals surface area contributed by atoms with Crippen LogP contribution in [0, 0.1) is 6.92 Å². The van der Waals surface area contributed by atoms with Gasteiger partial charge in [0.05, 0.1) is 5.52 Å². The summed E-state index contributed by atoms with van der Waals surface area (Å²) in [5, 5.41) is 0.848. The Hall–Kier alpha value is -2.28. The molecule has 1 fully saturated rings. The third-order valence-electron chi connectivity index (χ3n) is 5.26. The third kappa shape index (κ3) is 4.24. The highest BCUT2D eigenvalue weighted by Gasteiger charge is 2.26. The average molecular weight is 396 g/mol. The largest absolute Gasteiger partial charge is 0.299 e. The van der Waals surface area contributed by atoms with E-state index < -0.39 is 10.0 Å². The molecule has 4 rings (SSSR count). The van der Waals surface area contributed by atoms with Gasteiger partial charge in [-0.1, -0.05) is 42.5 Å². The minimum Gasteiger partial charge on any atom is -0.299 e. The Morgan fingerprint density at radius 1 is 1.07 bits per heavy atom. The van der Waals surface area contributed by atoms with Crippen molar-refractivity contribution >= 4 is 20.9 Å². The topological polar surface area (TPSA) is 62.3 Å². The van der Waals surface area contributed by atoms with Gasteiger partial charge in [0.25, 0.3) is 0 Å². The van der Waals surface area contributed by atoms with Crippen molar-refractivity contribution in [1.82, 2.24) is 14.6 Å². The second kappa shape index (κ2) is 7.99. The predicted octanol–water partition coefficient (Wildman–Crippen LogP) is 3.49. The van der Waals surface area contributed by atoms with Gasteiger partial charge < -0.3 is 0 Å². The molecule has 1 aromatic heterocycles. The van der Waals surface area contributed by atoms with E-state index in [0.717, 1.165) is 43.4 Å². The summed E-state index contributed by atoms with van der Waals surface area (Å²) in [4.78, 5) is 7.01. The highest BCUT2D eigenvalue weighted by molar-refractivity contribution is 7.89. The van der Waals surface area contributed by atoms with Crippen LogP contribution in [0.2, 0.25) is 0 Å². The number of nitrogens with zero attached hydrogens (tertiary/aromatic N) is 2. The zero-order chi connectivity index (χ0) is 19.6. The molecule has 0 saturated carbocycles. The minimum absolute atomic E-state index is 0.0438. The molecule has 1 N–H and O–H groups in total. The van der Waals surface area contributed by atoms with E-state index in [1.807, 2.05) is 25.1 Å². The molecule has 1 aliphatic heterocycles. The van der Waals surface area contributed by atoms with E-state index in [2.05, 4.69) is 38.9 Å². The Labute approximate surface area is 166 Å². The van der Waals surface area contributed by atoms with Crippen molar-refractivity contribution in [1.29, 1.82) is 0 Å². The summed E-state index contributed by atoms with van der Waals surface area (Å²) in [6.45, 7) is 4.63. The van der Waals surface area contributed by atoms with Crippen LogP contribution in [-0.2, 0) is 16.6 Å². The molecule has 0 unspecified atom stereocenters. The first-order valence-corrected chi connectivity index (χ1v) is 11.1. The number of nitrogens with one attached hydrogen (secondary N) is 1. The van der Waals surface area contributed by atoms with Gasteiger partial charge in [-0.15, -0.1) is 0 Å². The van der Waals surface area contributed by atoms with Crippen molar-refractivity contribution in [2.75, 3.05) is 13.1 Å². The van der Waals surface area contributed by atoms with E-state index >= 15 is 0 Å². The van der Waals surface area contributed by atoms with Gasteiger partial charge in [-0.2, -0.15) is 0 Å². The maximum Gasteiger partial charge on any atom is 0.242 e. The fraction of sp³-hybridized carbons (Fsp3) is 0.318. The van der Waals surface area contributed by atoms with Gasteiger partial charge in [0, 0.05) is 37.3 Å². The molecule has 5 nitrogen and oxygen atoms in total. The van der Waals surface area contributed by atoms with Gasteiger partial charge >= 0.3 is 0 Å². The lowest BCUT2D eigenvalue weighted by Gasteiger charge is -2.32. The Morgan fingerprint density at radius 2 is 1.82 bits per heavy atom. The number of likely N-dealkylation sites (tertiary alicyclic amines) is 1. The fourth-order valence-corrected chi connectivity index (χ4v) is 5.28. The van der Waals surface area contributed by atoms with Crippen LogP contribution in [0.15, 0.2) is 65.7 Å². The average Bonchev–Trinajstić information content (AvgIpc) is 2.69. The first-order valence-electron chi connectivity index (χ1n) is 9.65. The highest BCUT2D eigenvalue weighted by atomic mass is 32.2. The van der Waals surface area contributed by atoms with Crippen LogP contribution < -0.4 is 4.72 Å². The van der Waals surface area contributed by atoms with E-state index in [9.17, 15) is 8.42 Å². The van der Waals surface area contributed by atoms with Gasteiger partial charge in [-0.05, 0) is 43.0 Å². The number of piperidine rings is 1. The maximum absolute atomic E-state index is 13.0. The molecule has 0 radical (unpaired) electrons. The minimum atomic E-state index is -3.61. The number of rotatable bonds is 5. The molecule has 0 spiro atoms. The Bertz CT molecular complexity index is 1060. The van der Waals surface area contributed by atoms with Crippen LogP contribution >= 0.6 is 0 Å². The van der Waals surface area contributed by atoms with E-state index in [1.54, 1.807) is 18.3 Å². The number of pyridine rings is 1. The van der Waals surface area contributed by atoms with Crippen molar-refractivity contribution in [3.8, 4) is 0 Å². The van der Waals surface area contributed by atoms with E-state index in [4.69, 9.17) is 0 Å². The molecule has 1 aliphatic rings.